The largest absolute Gasteiger partial charge is 0.384 e. The number of rotatable bonds is 4. The van der Waals surface area contributed by atoms with Crippen molar-refractivity contribution in [3.63, 3.8) is 0 Å². The number of halogens is 1. The number of hydrogen-bond donors (Lipinski definition) is 1. The molecule has 1 aliphatic heterocycles. The Kier molecular flexibility index (Phi) is 4.60. The number of aromatic amines is 1. The molecule has 2 heterocycles. The number of carbonyl (C=O) groups excluding carboxylic acids is 1. The summed E-state index contributed by atoms with van der Waals surface area (Å²) in [6.07, 6.45) is 3.47. The summed E-state index contributed by atoms with van der Waals surface area (Å²) in [5.74, 6) is 0.194. The van der Waals surface area contributed by atoms with E-state index in [0.29, 0.717) is 18.7 Å². The number of hydrogen-bond acceptors (Lipinski definition) is 3. The average molecular weight is 318 g/mol. The molecule has 23 heavy (non-hydrogen) atoms. The number of carbonyl (C=O) groups is 1. The van der Waals surface area contributed by atoms with E-state index < -0.39 is 0 Å². The van der Waals surface area contributed by atoms with Crippen LogP contribution in [0.4, 0.5) is 4.39 Å². The fraction of sp³-hybridized carbons (Fsp3) is 0.412. The van der Waals surface area contributed by atoms with Crippen LogP contribution in [-0.4, -0.2) is 22.5 Å². The Morgan fingerprint density at radius 3 is 2.96 bits per heavy atom. The summed E-state index contributed by atoms with van der Waals surface area (Å²) in [6, 6.07) is 7.73. The minimum Gasteiger partial charge on any atom is -0.384 e. The Morgan fingerprint density at radius 2 is 2.22 bits per heavy atom. The first-order valence-corrected chi connectivity index (χ1v) is 7.86. The Hall–Kier alpha value is -2.37. The lowest BCUT2D eigenvalue weighted by molar-refractivity contribution is -0.135. The first-order chi connectivity index (χ1) is 11.1. The lowest BCUT2D eigenvalue weighted by atomic mass is 9.94. The zero-order chi connectivity index (χ0) is 16.2. The summed E-state index contributed by atoms with van der Waals surface area (Å²) in [4.78, 5) is 25.4. The molecule has 0 radical (unpaired) electrons. The van der Waals surface area contributed by atoms with E-state index >= 15 is 0 Å². The van der Waals surface area contributed by atoms with Crippen molar-refractivity contribution in [2.24, 2.45) is 0 Å². The molecule has 0 saturated carbocycles. The van der Waals surface area contributed by atoms with E-state index in [1.165, 1.54) is 18.2 Å². The number of piperidine rings is 1. The molecule has 3 rings (SSSR count). The second-order valence-corrected chi connectivity index (χ2v) is 5.83. The standard InChI is InChI=1S/C17H19FN2O3/c18-13-5-3-4-12(10-13)15-6-1-2-9-20(15)17(22)8-7-14-11-16(21)19-23-14/h3-5,10-11,15H,1-2,6-9H2,(H,19,21)/t15-/m1/s1. The predicted molar refractivity (Wildman–Crippen MR) is 82.4 cm³/mol. The van der Waals surface area contributed by atoms with Crippen LogP contribution in [0.1, 0.15) is 43.0 Å². The Labute approximate surface area is 133 Å². The molecule has 1 N–H and O–H groups in total. The minimum atomic E-state index is -0.303. The summed E-state index contributed by atoms with van der Waals surface area (Å²) >= 11 is 0. The number of likely N-dealkylation sites (tertiary alicyclic amines) is 1. The number of amides is 1. The number of H-pyrrole nitrogens is 1. The molecule has 5 nitrogen and oxygen atoms in total. The molecular weight excluding hydrogens is 299 g/mol. The van der Waals surface area contributed by atoms with Crippen LogP contribution in [0.15, 0.2) is 39.6 Å². The monoisotopic (exact) mass is 318 g/mol. The highest BCUT2D eigenvalue weighted by Gasteiger charge is 2.28. The second kappa shape index (κ2) is 6.81. The number of nitrogens with one attached hydrogen (secondary N) is 1. The lowest BCUT2D eigenvalue weighted by Crippen LogP contribution is -2.38. The summed E-state index contributed by atoms with van der Waals surface area (Å²) < 4.78 is 18.4. The number of aryl methyl sites for hydroxylation is 1. The van der Waals surface area contributed by atoms with Crippen molar-refractivity contribution in [2.75, 3.05) is 6.54 Å². The maximum absolute atomic E-state index is 13.5. The maximum atomic E-state index is 13.5. The quantitative estimate of drug-likeness (QED) is 0.942. The molecule has 1 atom stereocenters. The fourth-order valence-electron chi connectivity index (χ4n) is 3.11. The molecule has 1 aromatic carbocycles. The summed E-state index contributed by atoms with van der Waals surface area (Å²) in [5.41, 5.74) is 0.536. The zero-order valence-electron chi connectivity index (χ0n) is 12.8. The van der Waals surface area contributed by atoms with Crippen molar-refractivity contribution in [1.29, 1.82) is 0 Å². The number of nitrogens with zero attached hydrogens (tertiary/aromatic N) is 1. The van der Waals surface area contributed by atoms with Crippen molar-refractivity contribution < 1.29 is 13.7 Å². The highest BCUT2D eigenvalue weighted by atomic mass is 19.1. The lowest BCUT2D eigenvalue weighted by Gasteiger charge is -2.36. The van der Waals surface area contributed by atoms with Crippen molar-refractivity contribution in [3.8, 4) is 0 Å². The van der Waals surface area contributed by atoms with Crippen molar-refractivity contribution in [3.05, 3.63) is 57.8 Å². The topological polar surface area (TPSA) is 66.3 Å². The fourth-order valence-corrected chi connectivity index (χ4v) is 3.11. The molecule has 6 heteroatoms. The highest BCUT2D eigenvalue weighted by Crippen LogP contribution is 2.31. The van der Waals surface area contributed by atoms with Crippen molar-refractivity contribution >= 4 is 5.91 Å². The SMILES string of the molecule is O=C(CCc1cc(=O)[nH]o1)N1CCCC[C@@H]1c1cccc(F)c1. The van der Waals surface area contributed by atoms with Gasteiger partial charge in [-0.25, -0.2) is 4.39 Å². The van der Waals surface area contributed by atoms with Gasteiger partial charge < -0.3 is 9.42 Å². The molecule has 1 saturated heterocycles. The Balaban J connectivity index is 1.70. The van der Waals surface area contributed by atoms with Crippen LogP contribution in [0.5, 0.6) is 0 Å². The summed E-state index contributed by atoms with van der Waals surface area (Å²) in [6.45, 7) is 0.678. The molecule has 0 spiro atoms. The van der Waals surface area contributed by atoms with Gasteiger partial charge in [0.15, 0.2) is 0 Å². The molecule has 1 aromatic heterocycles. The number of aromatic nitrogens is 1. The minimum absolute atomic E-state index is 0.00260. The Bertz CT molecular complexity index is 737. The van der Waals surface area contributed by atoms with Gasteiger partial charge in [0.05, 0.1) is 6.04 Å². The van der Waals surface area contributed by atoms with E-state index in [2.05, 4.69) is 5.16 Å². The second-order valence-electron chi connectivity index (χ2n) is 5.83. The van der Waals surface area contributed by atoms with Crippen LogP contribution in [0.2, 0.25) is 0 Å². The molecular formula is C17H19FN2O3. The molecule has 1 fully saturated rings. The first kappa shape index (κ1) is 15.5. The molecule has 2 aromatic rings. The molecule has 1 aliphatic rings. The van der Waals surface area contributed by atoms with Crippen molar-refractivity contribution in [2.45, 2.75) is 38.1 Å². The normalized spacial score (nSPS) is 18.1. The van der Waals surface area contributed by atoms with E-state index in [-0.39, 0.29) is 29.7 Å². The van der Waals surface area contributed by atoms with E-state index in [0.717, 1.165) is 24.8 Å². The molecule has 0 unspecified atom stereocenters. The van der Waals surface area contributed by atoms with Gasteiger partial charge in [0.1, 0.15) is 11.6 Å². The van der Waals surface area contributed by atoms with Gasteiger partial charge >= 0.3 is 0 Å². The molecule has 122 valence electrons. The molecule has 0 bridgehead atoms. The average Bonchev–Trinajstić information content (AvgIpc) is 2.98. The molecule has 1 amide bonds. The van der Waals surface area contributed by atoms with Gasteiger partial charge in [-0.2, -0.15) is 5.16 Å². The van der Waals surface area contributed by atoms with Gasteiger partial charge in [-0.05, 0) is 37.0 Å². The van der Waals surface area contributed by atoms with E-state index in [9.17, 15) is 14.0 Å². The summed E-state index contributed by atoms with van der Waals surface area (Å²) in [5, 5.41) is 2.22. The van der Waals surface area contributed by atoms with Gasteiger partial charge in [-0.1, -0.05) is 12.1 Å². The third-order valence-corrected chi connectivity index (χ3v) is 4.22. The van der Waals surface area contributed by atoms with E-state index in [1.807, 2.05) is 11.0 Å². The third kappa shape index (κ3) is 3.70. The van der Waals surface area contributed by atoms with Crippen LogP contribution in [0, 0.1) is 5.82 Å². The first-order valence-electron chi connectivity index (χ1n) is 7.86. The predicted octanol–water partition coefficient (Wildman–Crippen LogP) is 2.79. The van der Waals surface area contributed by atoms with Crippen LogP contribution >= 0.6 is 0 Å². The summed E-state index contributed by atoms with van der Waals surface area (Å²) in [7, 11) is 0. The zero-order valence-corrected chi connectivity index (χ0v) is 12.8. The van der Waals surface area contributed by atoms with Crippen LogP contribution < -0.4 is 5.56 Å². The number of benzene rings is 1. The van der Waals surface area contributed by atoms with Gasteiger partial charge in [-0.3, -0.25) is 9.59 Å². The van der Waals surface area contributed by atoms with Crippen LogP contribution in [-0.2, 0) is 11.2 Å². The third-order valence-electron chi connectivity index (χ3n) is 4.22. The van der Waals surface area contributed by atoms with Crippen LogP contribution in [0.3, 0.4) is 0 Å². The van der Waals surface area contributed by atoms with Gasteiger partial charge in [0, 0.05) is 25.5 Å². The Morgan fingerprint density at radius 1 is 1.35 bits per heavy atom. The van der Waals surface area contributed by atoms with E-state index in [4.69, 9.17) is 4.52 Å². The molecule has 0 aliphatic carbocycles. The smallest absolute Gasteiger partial charge is 0.280 e. The maximum Gasteiger partial charge on any atom is 0.280 e. The van der Waals surface area contributed by atoms with Gasteiger partial charge in [0.25, 0.3) is 5.56 Å². The van der Waals surface area contributed by atoms with E-state index in [1.54, 1.807) is 6.07 Å². The van der Waals surface area contributed by atoms with Gasteiger partial charge in [-0.15, -0.1) is 0 Å². The van der Waals surface area contributed by atoms with Crippen molar-refractivity contribution in [1.82, 2.24) is 10.1 Å². The van der Waals surface area contributed by atoms with Crippen LogP contribution in [0.25, 0.3) is 0 Å². The van der Waals surface area contributed by atoms with Gasteiger partial charge in [0.2, 0.25) is 5.91 Å². The highest BCUT2D eigenvalue weighted by molar-refractivity contribution is 5.77.